The molecule has 2 heteroatoms. The molecule has 2 fully saturated rings. The third-order valence-corrected chi connectivity index (χ3v) is 5.13. The maximum Gasteiger partial charge on any atom is 0.0107 e. The van der Waals surface area contributed by atoms with E-state index in [0.717, 1.165) is 17.9 Å². The van der Waals surface area contributed by atoms with Crippen molar-refractivity contribution in [3.63, 3.8) is 0 Å². The first kappa shape index (κ1) is 14.3. The molecule has 1 heterocycles. The van der Waals surface area contributed by atoms with E-state index in [2.05, 4.69) is 24.1 Å². The number of nitrogens with zero attached hydrogens (tertiary/aromatic N) is 1. The molecule has 2 rings (SSSR count). The van der Waals surface area contributed by atoms with Gasteiger partial charge in [-0.2, -0.15) is 0 Å². The third-order valence-electron chi connectivity index (χ3n) is 5.13. The summed E-state index contributed by atoms with van der Waals surface area (Å²) in [5.74, 6) is 1.90. The van der Waals surface area contributed by atoms with Crippen LogP contribution in [0.1, 0.15) is 58.8 Å². The second kappa shape index (κ2) is 7.49. The summed E-state index contributed by atoms with van der Waals surface area (Å²) < 4.78 is 0. The van der Waals surface area contributed by atoms with Crippen LogP contribution in [0.15, 0.2) is 0 Å². The molecule has 106 valence electrons. The highest BCUT2D eigenvalue weighted by Crippen LogP contribution is 2.26. The molecule has 1 saturated carbocycles. The number of likely N-dealkylation sites (tertiary alicyclic amines) is 1. The summed E-state index contributed by atoms with van der Waals surface area (Å²) >= 11 is 0. The number of piperidine rings is 1. The minimum absolute atomic E-state index is 0.731. The lowest BCUT2D eigenvalue weighted by molar-refractivity contribution is 0.186. The van der Waals surface area contributed by atoms with Gasteiger partial charge in [-0.3, -0.25) is 0 Å². The van der Waals surface area contributed by atoms with Crippen molar-refractivity contribution in [1.29, 1.82) is 0 Å². The monoisotopic (exact) mass is 252 g/mol. The summed E-state index contributed by atoms with van der Waals surface area (Å²) in [6, 6.07) is 0.731. The van der Waals surface area contributed by atoms with Crippen LogP contribution in [-0.4, -0.2) is 37.1 Å². The fourth-order valence-electron chi connectivity index (χ4n) is 3.54. The Bertz CT molecular complexity index is 215. The molecule has 0 radical (unpaired) electrons. The molecule has 1 unspecified atom stereocenters. The van der Waals surface area contributed by atoms with Crippen LogP contribution in [0.2, 0.25) is 0 Å². The van der Waals surface area contributed by atoms with E-state index >= 15 is 0 Å². The zero-order valence-electron chi connectivity index (χ0n) is 12.5. The quantitative estimate of drug-likeness (QED) is 0.808. The zero-order valence-corrected chi connectivity index (χ0v) is 12.5. The van der Waals surface area contributed by atoms with Crippen LogP contribution in [0.25, 0.3) is 0 Å². The van der Waals surface area contributed by atoms with Gasteiger partial charge in [0.15, 0.2) is 0 Å². The van der Waals surface area contributed by atoms with Crippen LogP contribution in [0, 0.1) is 11.8 Å². The van der Waals surface area contributed by atoms with Crippen LogP contribution < -0.4 is 5.32 Å². The Morgan fingerprint density at radius 2 is 1.72 bits per heavy atom. The first-order valence-electron chi connectivity index (χ1n) is 8.21. The predicted octanol–water partition coefficient (Wildman–Crippen LogP) is 3.28. The SMILES string of the molecule is CC1CCN(CCNC(C)C2CCCCC2)CC1. The van der Waals surface area contributed by atoms with Gasteiger partial charge >= 0.3 is 0 Å². The molecule has 1 aliphatic heterocycles. The Hall–Kier alpha value is -0.0800. The van der Waals surface area contributed by atoms with Gasteiger partial charge in [0.1, 0.15) is 0 Å². The van der Waals surface area contributed by atoms with Gasteiger partial charge in [0.2, 0.25) is 0 Å². The standard InChI is InChI=1S/C16H32N2/c1-14-8-11-18(12-9-14)13-10-17-15(2)16-6-4-3-5-7-16/h14-17H,3-13H2,1-2H3. The molecule has 0 aromatic heterocycles. The smallest absolute Gasteiger partial charge is 0.0107 e. The average Bonchev–Trinajstić information content (AvgIpc) is 2.42. The summed E-state index contributed by atoms with van der Waals surface area (Å²) in [6.45, 7) is 9.87. The van der Waals surface area contributed by atoms with Gasteiger partial charge in [0, 0.05) is 19.1 Å². The largest absolute Gasteiger partial charge is 0.313 e. The molecule has 0 aromatic rings. The molecule has 0 aromatic carbocycles. The van der Waals surface area contributed by atoms with E-state index in [1.54, 1.807) is 0 Å². The van der Waals surface area contributed by atoms with Crippen molar-refractivity contribution in [1.82, 2.24) is 10.2 Å². The lowest BCUT2D eigenvalue weighted by atomic mass is 9.84. The molecule has 0 amide bonds. The molecule has 1 saturated heterocycles. The van der Waals surface area contributed by atoms with Crippen molar-refractivity contribution in [3.05, 3.63) is 0 Å². The Morgan fingerprint density at radius 3 is 2.39 bits per heavy atom. The molecule has 2 nitrogen and oxygen atoms in total. The molecular formula is C16H32N2. The summed E-state index contributed by atoms with van der Waals surface area (Å²) in [6.07, 6.45) is 10.1. The average molecular weight is 252 g/mol. The van der Waals surface area contributed by atoms with Crippen molar-refractivity contribution in [3.8, 4) is 0 Å². The molecular weight excluding hydrogens is 220 g/mol. The van der Waals surface area contributed by atoms with E-state index in [4.69, 9.17) is 0 Å². The molecule has 0 spiro atoms. The van der Waals surface area contributed by atoms with Crippen LogP contribution >= 0.6 is 0 Å². The minimum Gasteiger partial charge on any atom is -0.313 e. The Labute approximate surface area is 114 Å². The Balaban J connectivity index is 1.56. The molecule has 1 N–H and O–H groups in total. The van der Waals surface area contributed by atoms with Gasteiger partial charge in [0.25, 0.3) is 0 Å². The lowest BCUT2D eigenvalue weighted by Crippen LogP contribution is -2.42. The number of rotatable bonds is 5. The minimum atomic E-state index is 0.731. The van der Waals surface area contributed by atoms with Gasteiger partial charge in [-0.1, -0.05) is 26.2 Å². The Morgan fingerprint density at radius 1 is 1.06 bits per heavy atom. The van der Waals surface area contributed by atoms with Gasteiger partial charge in [-0.25, -0.2) is 0 Å². The maximum absolute atomic E-state index is 3.77. The van der Waals surface area contributed by atoms with E-state index < -0.39 is 0 Å². The fraction of sp³-hybridized carbons (Fsp3) is 1.00. The first-order valence-corrected chi connectivity index (χ1v) is 8.21. The molecule has 18 heavy (non-hydrogen) atoms. The molecule has 0 bridgehead atoms. The van der Waals surface area contributed by atoms with Crippen molar-refractivity contribution < 1.29 is 0 Å². The van der Waals surface area contributed by atoms with Gasteiger partial charge in [-0.05, 0) is 57.5 Å². The highest BCUT2D eigenvalue weighted by Gasteiger charge is 2.20. The summed E-state index contributed by atoms with van der Waals surface area (Å²) in [7, 11) is 0. The van der Waals surface area contributed by atoms with E-state index in [1.807, 2.05) is 0 Å². The highest BCUT2D eigenvalue weighted by molar-refractivity contribution is 4.77. The number of hydrogen-bond donors (Lipinski definition) is 1. The normalized spacial score (nSPS) is 26.3. The topological polar surface area (TPSA) is 15.3 Å². The highest BCUT2D eigenvalue weighted by atomic mass is 15.1. The third kappa shape index (κ3) is 4.55. The van der Waals surface area contributed by atoms with E-state index in [9.17, 15) is 0 Å². The van der Waals surface area contributed by atoms with Gasteiger partial charge in [0.05, 0.1) is 0 Å². The number of nitrogens with one attached hydrogen (secondary N) is 1. The maximum atomic E-state index is 3.77. The van der Waals surface area contributed by atoms with E-state index in [-0.39, 0.29) is 0 Å². The summed E-state index contributed by atoms with van der Waals surface area (Å²) in [5, 5.41) is 3.77. The van der Waals surface area contributed by atoms with Crippen LogP contribution in [0.5, 0.6) is 0 Å². The summed E-state index contributed by atoms with van der Waals surface area (Å²) in [5.41, 5.74) is 0. The first-order chi connectivity index (χ1) is 8.75. The molecule has 2 aliphatic rings. The molecule has 1 aliphatic carbocycles. The van der Waals surface area contributed by atoms with Crippen LogP contribution in [0.4, 0.5) is 0 Å². The van der Waals surface area contributed by atoms with Crippen molar-refractivity contribution in [2.45, 2.75) is 64.8 Å². The predicted molar refractivity (Wildman–Crippen MR) is 78.9 cm³/mol. The van der Waals surface area contributed by atoms with Gasteiger partial charge < -0.3 is 10.2 Å². The van der Waals surface area contributed by atoms with Crippen molar-refractivity contribution in [2.24, 2.45) is 11.8 Å². The fourth-order valence-corrected chi connectivity index (χ4v) is 3.54. The Kier molecular flexibility index (Phi) is 5.97. The number of hydrogen-bond acceptors (Lipinski definition) is 2. The molecule has 1 atom stereocenters. The van der Waals surface area contributed by atoms with Crippen LogP contribution in [0.3, 0.4) is 0 Å². The van der Waals surface area contributed by atoms with Crippen molar-refractivity contribution >= 4 is 0 Å². The van der Waals surface area contributed by atoms with Crippen molar-refractivity contribution in [2.75, 3.05) is 26.2 Å². The lowest BCUT2D eigenvalue weighted by Gasteiger charge is -2.32. The van der Waals surface area contributed by atoms with E-state index in [0.29, 0.717) is 0 Å². The zero-order chi connectivity index (χ0) is 12.8. The second-order valence-electron chi connectivity index (χ2n) is 6.67. The van der Waals surface area contributed by atoms with Gasteiger partial charge in [-0.15, -0.1) is 0 Å². The summed E-state index contributed by atoms with van der Waals surface area (Å²) in [4.78, 5) is 2.64. The van der Waals surface area contributed by atoms with Crippen LogP contribution in [-0.2, 0) is 0 Å². The van der Waals surface area contributed by atoms with E-state index in [1.165, 1.54) is 71.1 Å². The second-order valence-corrected chi connectivity index (χ2v) is 6.67.